The number of nitrogens with zero attached hydrogens (tertiary/aromatic N) is 4. The Bertz CT molecular complexity index is 1450. The second-order valence-corrected chi connectivity index (χ2v) is 11.3. The van der Waals surface area contributed by atoms with Crippen LogP contribution in [0.1, 0.15) is 42.0 Å². The van der Waals surface area contributed by atoms with E-state index in [9.17, 15) is 19.6 Å². The Morgan fingerprint density at radius 3 is 2.50 bits per heavy atom. The van der Waals surface area contributed by atoms with Crippen LogP contribution in [-0.4, -0.2) is 59.0 Å². The van der Waals surface area contributed by atoms with Crippen molar-refractivity contribution in [1.29, 1.82) is 5.26 Å². The molecule has 2 aromatic rings. The van der Waals surface area contributed by atoms with Crippen molar-refractivity contribution in [2.75, 3.05) is 38.3 Å². The molecule has 210 valence electrons. The zero-order valence-electron chi connectivity index (χ0n) is 23.1. The molecule has 1 amide bonds. The van der Waals surface area contributed by atoms with Crippen molar-refractivity contribution in [2.24, 2.45) is 13.0 Å². The third kappa shape index (κ3) is 5.93. The van der Waals surface area contributed by atoms with Gasteiger partial charge < -0.3 is 14.4 Å². The number of thioether (sulfide) groups is 1. The molecule has 3 heterocycles. The van der Waals surface area contributed by atoms with E-state index < -0.39 is 5.56 Å². The fourth-order valence-electron chi connectivity index (χ4n) is 5.04. The number of amides is 1. The highest BCUT2D eigenvalue weighted by atomic mass is 32.2. The van der Waals surface area contributed by atoms with E-state index in [1.807, 2.05) is 35.2 Å². The molecule has 11 heteroatoms. The summed E-state index contributed by atoms with van der Waals surface area (Å²) in [6.07, 6.45) is 3.54. The highest BCUT2D eigenvalue weighted by molar-refractivity contribution is 8.26. The van der Waals surface area contributed by atoms with E-state index in [1.54, 1.807) is 39.0 Å². The summed E-state index contributed by atoms with van der Waals surface area (Å²) >= 11 is 6.77. The number of thiocarbonyl (C=S) groups is 1. The van der Waals surface area contributed by atoms with Crippen molar-refractivity contribution in [3.05, 3.63) is 61.8 Å². The smallest absolute Gasteiger partial charge is 0.309 e. The molecule has 1 aromatic carbocycles. The van der Waals surface area contributed by atoms with Crippen LogP contribution in [0.2, 0.25) is 0 Å². The number of hydrogen-bond donors (Lipinski definition) is 0. The third-order valence-electron chi connectivity index (χ3n) is 7.31. The van der Waals surface area contributed by atoms with Crippen LogP contribution < -0.4 is 15.2 Å². The molecule has 4 rings (SSSR count). The van der Waals surface area contributed by atoms with E-state index in [4.69, 9.17) is 21.7 Å². The highest BCUT2D eigenvalue weighted by Gasteiger charge is 2.34. The number of hydrogen-bond acceptors (Lipinski definition) is 9. The SMILES string of the molecule is CCOC(=O)C1CCN(c2c(C=C3SC(=S)N(CCc4ccc(OC)cc4)C3=O)c(C)c(C#N)c(=O)n2C)CC1. The Morgan fingerprint density at radius 2 is 1.90 bits per heavy atom. The van der Waals surface area contributed by atoms with Crippen LogP contribution in [0.5, 0.6) is 5.75 Å². The van der Waals surface area contributed by atoms with Crippen molar-refractivity contribution in [1.82, 2.24) is 9.47 Å². The molecular weight excluding hydrogens is 548 g/mol. The number of carbonyl (C=O) groups excluding carboxylic acids is 2. The van der Waals surface area contributed by atoms with Gasteiger partial charge in [0.25, 0.3) is 11.5 Å². The van der Waals surface area contributed by atoms with Crippen LogP contribution >= 0.6 is 24.0 Å². The summed E-state index contributed by atoms with van der Waals surface area (Å²) in [6.45, 7) is 5.35. The van der Waals surface area contributed by atoms with Crippen LogP contribution in [0, 0.1) is 24.2 Å². The number of benzene rings is 1. The summed E-state index contributed by atoms with van der Waals surface area (Å²) in [5.74, 6) is 0.779. The lowest BCUT2D eigenvalue weighted by Crippen LogP contribution is -2.40. The van der Waals surface area contributed by atoms with Crippen LogP contribution in [0.3, 0.4) is 0 Å². The largest absolute Gasteiger partial charge is 0.497 e. The molecule has 0 spiro atoms. The van der Waals surface area contributed by atoms with Crippen LogP contribution in [0.15, 0.2) is 34.0 Å². The number of carbonyl (C=O) groups is 2. The number of nitriles is 1. The quantitative estimate of drug-likeness (QED) is 0.262. The maximum Gasteiger partial charge on any atom is 0.309 e. The predicted octanol–water partition coefficient (Wildman–Crippen LogP) is 3.80. The van der Waals surface area contributed by atoms with E-state index in [1.165, 1.54) is 16.3 Å². The lowest BCUT2D eigenvalue weighted by molar-refractivity contribution is -0.148. The monoisotopic (exact) mass is 580 g/mol. The fraction of sp³-hybridized carbons (Fsp3) is 0.414. The van der Waals surface area contributed by atoms with Gasteiger partial charge >= 0.3 is 5.97 Å². The summed E-state index contributed by atoms with van der Waals surface area (Å²) in [7, 11) is 3.25. The lowest BCUT2D eigenvalue weighted by Gasteiger charge is -2.35. The number of ether oxygens (including phenoxy) is 2. The summed E-state index contributed by atoms with van der Waals surface area (Å²) < 4.78 is 12.3. The molecule has 0 atom stereocenters. The molecule has 2 saturated heterocycles. The molecule has 0 aliphatic carbocycles. The van der Waals surface area contributed by atoms with Gasteiger partial charge in [0.2, 0.25) is 0 Å². The van der Waals surface area contributed by atoms with Crippen molar-refractivity contribution in [3.8, 4) is 11.8 Å². The van der Waals surface area contributed by atoms with E-state index in [-0.39, 0.29) is 23.4 Å². The minimum atomic E-state index is -0.397. The fourth-order valence-corrected chi connectivity index (χ4v) is 6.33. The van der Waals surface area contributed by atoms with E-state index >= 15 is 0 Å². The van der Waals surface area contributed by atoms with Crippen molar-refractivity contribution in [2.45, 2.75) is 33.1 Å². The average molecular weight is 581 g/mol. The van der Waals surface area contributed by atoms with Gasteiger partial charge in [0.1, 0.15) is 27.5 Å². The highest BCUT2D eigenvalue weighted by Crippen LogP contribution is 2.36. The number of rotatable bonds is 8. The van der Waals surface area contributed by atoms with Gasteiger partial charge in [0, 0.05) is 32.2 Å². The van der Waals surface area contributed by atoms with Crippen molar-refractivity contribution in [3.63, 3.8) is 0 Å². The molecule has 2 aliphatic heterocycles. The molecule has 0 unspecified atom stereocenters. The Kier molecular flexibility index (Phi) is 9.32. The summed E-state index contributed by atoms with van der Waals surface area (Å²) in [5, 5.41) is 9.75. The average Bonchev–Trinajstić information content (AvgIpc) is 3.23. The minimum Gasteiger partial charge on any atom is -0.497 e. The first-order valence-electron chi connectivity index (χ1n) is 13.1. The predicted molar refractivity (Wildman–Crippen MR) is 159 cm³/mol. The van der Waals surface area contributed by atoms with E-state index in [0.717, 1.165) is 11.3 Å². The third-order valence-corrected chi connectivity index (χ3v) is 8.69. The van der Waals surface area contributed by atoms with Gasteiger partial charge in [-0.1, -0.05) is 36.1 Å². The Labute approximate surface area is 243 Å². The zero-order valence-corrected chi connectivity index (χ0v) is 24.7. The maximum absolute atomic E-state index is 13.5. The Hall–Kier alpha value is -3.62. The molecule has 0 bridgehead atoms. The summed E-state index contributed by atoms with van der Waals surface area (Å²) in [5.41, 5.74) is 1.83. The second kappa shape index (κ2) is 12.7. The number of methoxy groups -OCH3 is 1. The van der Waals surface area contributed by atoms with Crippen LogP contribution in [0.25, 0.3) is 6.08 Å². The Morgan fingerprint density at radius 1 is 1.23 bits per heavy atom. The van der Waals surface area contributed by atoms with Gasteiger partial charge in [-0.25, -0.2) is 0 Å². The van der Waals surface area contributed by atoms with Gasteiger partial charge in [-0.05, 0) is 62.4 Å². The molecule has 0 saturated carbocycles. The zero-order chi connectivity index (χ0) is 29.0. The number of anilines is 1. The summed E-state index contributed by atoms with van der Waals surface area (Å²) in [4.78, 5) is 42.9. The second-order valence-electron chi connectivity index (χ2n) is 9.66. The van der Waals surface area contributed by atoms with Crippen LogP contribution in [-0.2, 0) is 27.8 Å². The van der Waals surface area contributed by atoms with E-state index in [0.29, 0.717) is 71.7 Å². The first kappa shape index (κ1) is 29.4. The van der Waals surface area contributed by atoms with Gasteiger partial charge in [0.05, 0.1) is 24.5 Å². The normalized spacial score (nSPS) is 16.9. The number of aromatic nitrogens is 1. The number of pyridine rings is 1. The van der Waals surface area contributed by atoms with Gasteiger partial charge in [0.15, 0.2) is 0 Å². The van der Waals surface area contributed by atoms with Gasteiger partial charge in [-0.15, -0.1) is 0 Å². The topological polar surface area (TPSA) is 105 Å². The standard InChI is InChI=1S/C29H32N4O5S2/c1-5-38-28(36)20-11-13-32(14-12-20)25-22(18(2)23(17-30)26(34)31(25)3)16-24-27(35)33(29(39)40-24)15-10-19-6-8-21(37-4)9-7-19/h6-9,16,20H,5,10-15H2,1-4H3. The minimum absolute atomic E-state index is 0.0360. The van der Waals surface area contributed by atoms with Crippen molar-refractivity contribution < 1.29 is 19.1 Å². The summed E-state index contributed by atoms with van der Waals surface area (Å²) in [6, 6.07) is 9.71. The van der Waals surface area contributed by atoms with Gasteiger partial charge in [-0.3, -0.25) is 23.9 Å². The maximum atomic E-state index is 13.5. The van der Waals surface area contributed by atoms with Crippen LogP contribution in [0.4, 0.5) is 5.82 Å². The lowest BCUT2D eigenvalue weighted by atomic mass is 9.95. The van der Waals surface area contributed by atoms with Crippen molar-refractivity contribution >= 4 is 52.1 Å². The molecular formula is C29H32N4O5S2. The number of piperidine rings is 1. The first-order chi connectivity index (χ1) is 19.2. The molecule has 0 N–H and O–H groups in total. The Balaban J connectivity index is 1.63. The molecule has 9 nitrogen and oxygen atoms in total. The molecule has 40 heavy (non-hydrogen) atoms. The number of esters is 1. The molecule has 2 aliphatic rings. The molecule has 0 radical (unpaired) electrons. The molecule has 2 fully saturated rings. The van der Waals surface area contributed by atoms with Gasteiger partial charge in [-0.2, -0.15) is 5.26 Å². The van der Waals surface area contributed by atoms with E-state index in [2.05, 4.69) is 0 Å². The molecule has 1 aromatic heterocycles. The first-order valence-corrected chi connectivity index (χ1v) is 14.4.